The fraction of sp³-hybridized carbons (Fsp3) is 0.261. The molecular weight excluding hydrogens is 519 g/mol. The SMILES string of the molecule is O=C(Cc1ccccc1)Nc1nnc(CCSCCc2nnc(NC(=O)C(O)c3cccnc3)s2)s1. The highest BCUT2D eigenvalue weighted by Gasteiger charge is 2.19. The molecule has 13 heteroatoms. The summed E-state index contributed by atoms with van der Waals surface area (Å²) in [6.45, 7) is 0. The summed E-state index contributed by atoms with van der Waals surface area (Å²) in [6, 6.07) is 12.8. The molecular formula is C23H23N7O3S3. The van der Waals surface area contributed by atoms with Gasteiger partial charge in [-0.15, -0.1) is 20.4 Å². The molecule has 0 aliphatic carbocycles. The Balaban J connectivity index is 1.13. The van der Waals surface area contributed by atoms with Crippen molar-refractivity contribution in [1.29, 1.82) is 0 Å². The Hall–Kier alpha value is -3.26. The smallest absolute Gasteiger partial charge is 0.259 e. The summed E-state index contributed by atoms with van der Waals surface area (Å²) in [4.78, 5) is 28.3. The summed E-state index contributed by atoms with van der Waals surface area (Å²) < 4.78 is 0. The quantitative estimate of drug-likeness (QED) is 0.230. The van der Waals surface area contributed by atoms with Crippen molar-refractivity contribution >= 4 is 56.5 Å². The van der Waals surface area contributed by atoms with Crippen LogP contribution in [0.5, 0.6) is 0 Å². The van der Waals surface area contributed by atoms with Crippen LogP contribution in [0.15, 0.2) is 54.9 Å². The summed E-state index contributed by atoms with van der Waals surface area (Å²) in [5.41, 5.74) is 1.36. The van der Waals surface area contributed by atoms with Crippen molar-refractivity contribution in [2.75, 3.05) is 22.1 Å². The summed E-state index contributed by atoms with van der Waals surface area (Å²) in [5.74, 6) is 0.998. The minimum Gasteiger partial charge on any atom is -0.378 e. The van der Waals surface area contributed by atoms with E-state index in [0.717, 1.165) is 33.5 Å². The molecule has 3 heterocycles. The number of carbonyl (C=O) groups excluding carboxylic acids is 2. The van der Waals surface area contributed by atoms with Gasteiger partial charge in [0.2, 0.25) is 16.2 Å². The first-order valence-electron chi connectivity index (χ1n) is 11.0. The van der Waals surface area contributed by atoms with Gasteiger partial charge in [-0.05, 0) is 23.1 Å². The molecule has 2 amide bonds. The van der Waals surface area contributed by atoms with Gasteiger partial charge in [-0.1, -0.05) is 59.1 Å². The fourth-order valence-corrected chi connectivity index (χ4v) is 5.67. The van der Waals surface area contributed by atoms with E-state index < -0.39 is 12.0 Å². The van der Waals surface area contributed by atoms with Crippen molar-refractivity contribution in [3.8, 4) is 0 Å². The molecule has 1 unspecified atom stereocenters. The monoisotopic (exact) mass is 541 g/mol. The lowest BCUT2D eigenvalue weighted by Crippen LogP contribution is -2.20. The van der Waals surface area contributed by atoms with Gasteiger partial charge >= 0.3 is 0 Å². The molecule has 186 valence electrons. The number of hydrogen-bond acceptors (Lipinski definition) is 11. The molecule has 0 saturated heterocycles. The Bertz CT molecular complexity index is 1270. The molecule has 1 aromatic carbocycles. The molecule has 4 aromatic rings. The molecule has 0 aliphatic rings. The Morgan fingerprint density at radius 2 is 1.56 bits per heavy atom. The zero-order valence-corrected chi connectivity index (χ0v) is 21.5. The van der Waals surface area contributed by atoms with Crippen LogP contribution < -0.4 is 10.6 Å². The first-order valence-corrected chi connectivity index (χ1v) is 13.8. The number of benzene rings is 1. The van der Waals surface area contributed by atoms with Gasteiger partial charge in [0.05, 0.1) is 6.42 Å². The Kier molecular flexibility index (Phi) is 9.44. The molecule has 0 bridgehead atoms. The van der Waals surface area contributed by atoms with Crippen LogP contribution in [0, 0.1) is 0 Å². The topological polar surface area (TPSA) is 143 Å². The number of thioether (sulfide) groups is 1. The summed E-state index contributed by atoms with van der Waals surface area (Å²) >= 11 is 4.42. The standard InChI is InChI=1S/C23H23N7O3S3/c31-17(13-15-5-2-1-3-6-15)25-22-29-27-18(35-22)8-11-34-12-9-19-28-30-23(36-19)26-21(33)20(32)16-7-4-10-24-14-16/h1-7,10,14,20,32H,8-9,11-13H2,(H,25,29,31)(H,26,30,33). The van der Waals surface area contributed by atoms with Gasteiger partial charge in [0.1, 0.15) is 10.0 Å². The first-order chi connectivity index (χ1) is 17.6. The predicted octanol–water partition coefficient (Wildman–Crippen LogP) is 3.16. The van der Waals surface area contributed by atoms with E-state index in [4.69, 9.17) is 0 Å². The van der Waals surface area contributed by atoms with Crippen LogP contribution in [0.4, 0.5) is 10.3 Å². The lowest BCUT2D eigenvalue weighted by Gasteiger charge is -2.08. The van der Waals surface area contributed by atoms with Gasteiger partial charge in [0.15, 0.2) is 6.10 Å². The molecule has 0 saturated carbocycles. The summed E-state index contributed by atoms with van der Waals surface area (Å²) in [5, 5.41) is 34.3. The van der Waals surface area contributed by atoms with Gasteiger partial charge in [-0.3, -0.25) is 19.9 Å². The Morgan fingerprint density at radius 3 is 2.19 bits per heavy atom. The lowest BCUT2D eigenvalue weighted by molar-refractivity contribution is -0.124. The second-order valence-electron chi connectivity index (χ2n) is 7.50. The van der Waals surface area contributed by atoms with Gasteiger partial charge < -0.3 is 10.4 Å². The molecule has 1 atom stereocenters. The molecule has 0 radical (unpaired) electrons. The number of aromatic nitrogens is 5. The molecule has 10 nitrogen and oxygen atoms in total. The van der Waals surface area contributed by atoms with Crippen molar-refractivity contribution in [1.82, 2.24) is 25.4 Å². The number of anilines is 2. The minimum atomic E-state index is -1.32. The maximum absolute atomic E-state index is 12.2. The van der Waals surface area contributed by atoms with Crippen LogP contribution in [0.3, 0.4) is 0 Å². The maximum atomic E-state index is 12.2. The molecule has 3 N–H and O–H groups in total. The van der Waals surface area contributed by atoms with Gasteiger partial charge in [0, 0.05) is 30.8 Å². The molecule has 3 aromatic heterocycles. The van der Waals surface area contributed by atoms with Gasteiger partial charge in [0.25, 0.3) is 5.91 Å². The average molecular weight is 542 g/mol. The van der Waals surface area contributed by atoms with E-state index in [1.165, 1.54) is 28.9 Å². The number of aliphatic hydroxyl groups excluding tert-OH is 1. The molecule has 0 fully saturated rings. The van der Waals surface area contributed by atoms with Gasteiger partial charge in [-0.25, -0.2) is 0 Å². The third-order valence-electron chi connectivity index (χ3n) is 4.79. The van der Waals surface area contributed by atoms with Crippen molar-refractivity contribution < 1.29 is 14.7 Å². The largest absolute Gasteiger partial charge is 0.378 e. The second-order valence-corrected chi connectivity index (χ2v) is 10.9. The molecule has 4 rings (SSSR count). The Labute approximate surface area is 219 Å². The molecule has 0 spiro atoms. The predicted molar refractivity (Wildman–Crippen MR) is 141 cm³/mol. The van der Waals surface area contributed by atoms with Crippen LogP contribution in [0.25, 0.3) is 0 Å². The number of aliphatic hydroxyl groups is 1. The first kappa shape index (κ1) is 25.8. The number of rotatable bonds is 12. The number of hydrogen-bond donors (Lipinski definition) is 3. The zero-order chi connectivity index (χ0) is 25.2. The van der Waals surface area contributed by atoms with Crippen LogP contribution in [-0.2, 0) is 28.9 Å². The molecule has 0 aliphatic heterocycles. The van der Waals surface area contributed by atoms with Crippen molar-refractivity contribution in [3.63, 3.8) is 0 Å². The second kappa shape index (κ2) is 13.2. The number of nitrogens with zero attached hydrogens (tertiary/aromatic N) is 5. The van der Waals surface area contributed by atoms with Crippen LogP contribution >= 0.6 is 34.4 Å². The summed E-state index contributed by atoms with van der Waals surface area (Å²) in [7, 11) is 0. The van der Waals surface area contributed by atoms with E-state index >= 15 is 0 Å². The normalized spacial score (nSPS) is 11.7. The Morgan fingerprint density at radius 1 is 0.889 bits per heavy atom. The highest BCUT2D eigenvalue weighted by molar-refractivity contribution is 7.99. The average Bonchev–Trinajstić information content (AvgIpc) is 3.53. The highest BCUT2D eigenvalue weighted by Crippen LogP contribution is 2.21. The summed E-state index contributed by atoms with van der Waals surface area (Å²) in [6.07, 6.45) is 3.45. The third kappa shape index (κ3) is 7.88. The third-order valence-corrected chi connectivity index (χ3v) is 7.57. The minimum absolute atomic E-state index is 0.113. The number of nitrogens with one attached hydrogen (secondary N) is 2. The molecule has 36 heavy (non-hydrogen) atoms. The van der Waals surface area contributed by atoms with Crippen LogP contribution in [0.1, 0.15) is 27.2 Å². The number of aryl methyl sites for hydroxylation is 2. The number of pyridine rings is 1. The van der Waals surface area contributed by atoms with Crippen molar-refractivity contribution in [3.05, 3.63) is 76.0 Å². The van der Waals surface area contributed by atoms with Crippen molar-refractivity contribution in [2.24, 2.45) is 0 Å². The van der Waals surface area contributed by atoms with E-state index in [9.17, 15) is 14.7 Å². The van der Waals surface area contributed by atoms with E-state index in [1.54, 1.807) is 30.1 Å². The lowest BCUT2D eigenvalue weighted by atomic mass is 10.1. The van der Waals surface area contributed by atoms with E-state index in [1.807, 2.05) is 30.3 Å². The van der Waals surface area contributed by atoms with E-state index in [-0.39, 0.29) is 5.91 Å². The van der Waals surface area contributed by atoms with Crippen LogP contribution in [-0.4, -0.2) is 53.8 Å². The van der Waals surface area contributed by atoms with E-state index in [2.05, 4.69) is 36.0 Å². The van der Waals surface area contributed by atoms with Gasteiger partial charge in [-0.2, -0.15) is 11.8 Å². The van der Waals surface area contributed by atoms with E-state index in [0.29, 0.717) is 28.7 Å². The fourth-order valence-electron chi connectivity index (χ4n) is 3.04. The van der Waals surface area contributed by atoms with Crippen molar-refractivity contribution in [2.45, 2.75) is 25.4 Å². The maximum Gasteiger partial charge on any atom is 0.259 e. The highest BCUT2D eigenvalue weighted by atomic mass is 32.2. The zero-order valence-electron chi connectivity index (χ0n) is 19.0. The number of amides is 2. The van der Waals surface area contributed by atoms with Crippen LogP contribution in [0.2, 0.25) is 0 Å². The number of carbonyl (C=O) groups is 2.